The Balaban J connectivity index is 1.40. The average molecular weight is 436 g/mol. The smallest absolute Gasteiger partial charge is 0.119 e. The summed E-state index contributed by atoms with van der Waals surface area (Å²) < 4.78 is 6.08. The summed E-state index contributed by atoms with van der Waals surface area (Å²) in [5.41, 5.74) is 3.55. The Morgan fingerprint density at radius 2 is 1.47 bits per heavy atom. The van der Waals surface area contributed by atoms with Crippen LogP contribution < -0.4 is 4.74 Å². The SMILES string of the molecule is CCCCCc1ccc(-c2ccc(OCCCC3CCCCC3CCCCC)cc2)nc1. The zero-order chi connectivity index (χ0) is 22.4. The Bertz CT molecular complexity index is 736. The number of hydrogen-bond acceptors (Lipinski definition) is 2. The highest BCUT2D eigenvalue weighted by Crippen LogP contribution is 2.36. The summed E-state index contributed by atoms with van der Waals surface area (Å²) >= 11 is 0. The number of rotatable bonds is 14. The van der Waals surface area contributed by atoms with Crippen LogP contribution in [-0.2, 0) is 6.42 Å². The number of benzene rings is 1. The molecule has 32 heavy (non-hydrogen) atoms. The summed E-state index contributed by atoms with van der Waals surface area (Å²) in [7, 11) is 0. The summed E-state index contributed by atoms with van der Waals surface area (Å²) in [4.78, 5) is 4.68. The number of ether oxygens (including phenoxy) is 1. The quantitative estimate of drug-likeness (QED) is 0.276. The van der Waals surface area contributed by atoms with Crippen molar-refractivity contribution in [2.75, 3.05) is 6.61 Å². The summed E-state index contributed by atoms with van der Waals surface area (Å²) in [6.45, 7) is 5.39. The van der Waals surface area contributed by atoms with Crippen molar-refractivity contribution in [1.29, 1.82) is 0 Å². The second-order valence-electron chi connectivity index (χ2n) is 9.82. The largest absolute Gasteiger partial charge is 0.494 e. The second kappa shape index (κ2) is 14.3. The van der Waals surface area contributed by atoms with Gasteiger partial charge >= 0.3 is 0 Å². The third-order valence-corrected chi connectivity index (χ3v) is 7.28. The number of hydrogen-bond donors (Lipinski definition) is 0. The van der Waals surface area contributed by atoms with E-state index in [0.717, 1.165) is 41.9 Å². The average Bonchev–Trinajstić information content (AvgIpc) is 2.84. The van der Waals surface area contributed by atoms with E-state index >= 15 is 0 Å². The van der Waals surface area contributed by atoms with Gasteiger partial charge in [-0.25, -0.2) is 0 Å². The third kappa shape index (κ3) is 8.26. The zero-order valence-electron chi connectivity index (χ0n) is 20.7. The van der Waals surface area contributed by atoms with Gasteiger partial charge < -0.3 is 4.74 Å². The van der Waals surface area contributed by atoms with Crippen molar-refractivity contribution in [3.8, 4) is 17.0 Å². The van der Waals surface area contributed by atoms with E-state index < -0.39 is 0 Å². The maximum Gasteiger partial charge on any atom is 0.119 e. The van der Waals surface area contributed by atoms with Crippen molar-refractivity contribution in [2.24, 2.45) is 11.8 Å². The first-order valence-corrected chi connectivity index (χ1v) is 13.5. The van der Waals surface area contributed by atoms with E-state index in [2.05, 4.69) is 55.2 Å². The van der Waals surface area contributed by atoms with Crippen molar-refractivity contribution in [2.45, 2.75) is 104 Å². The van der Waals surface area contributed by atoms with Crippen LogP contribution in [0.2, 0.25) is 0 Å². The molecule has 1 aromatic carbocycles. The Morgan fingerprint density at radius 3 is 2.12 bits per heavy atom. The maximum absolute atomic E-state index is 6.08. The lowest BCUT2D eigenvalue weighted by Crippen LogP contribution is -2.20. The van der Waals surface area contributed by atoms with Gasteiger partial charge in [-0.15, -0.1) is 0 Å². The lowest BCUT2D eigenvalue weighted by molar-refractivity contribution is 0.190. The normalized spacial score (nSPS) is 18.6. The lowest BCUT2D eigenvalue weighted by atomic mass is 9.74. The van der Waals surface area contributed by atoms with Crippen LogP contribution in [0.1, 0.15) is 103 Å². The van der Waals surface area contributed by atoms with E-state index in [0.29, 0.717) is 0 Å². The van der Waals surface area contributed by atoms with Gasteiger partial charge in [0.15, 0.2) is 0 Å². The Labute approximate surface area is 197 Å². The fourth-order valence-electron chi connectivity index (χ4n) is 5.28. The summed E-state index contributed by atoms with van der Waals surface area (Å²) in [6, 6.07) is 12.8. The van der Waals surface area contributed by atoms with Gasteiger partial charge in [0, 0.05) is 11.8 Å². The van der Waals surface area contributed by atoms with Crippen molar-refractivity contribution < 1.29 is 4.74 Å². The predicted octanol–water partition coefficient (Wildman–Crippen LogP) is 9.03. The Hall–Kier alpha value is -1.83. The molecule has 1 aromatic heterocycles. The minimum absolute atomic E-state index is 0.836. The molecule has 0 spiro atoms. The predicted molar refractivity (Wildman–Crippen MR) is 137 cm³/mol. The monoisotopic (exact) mass is 435 g/mol. The van der Waals surface area contributed by atoms with E-state index in [4.69, 9.17) is 4.74 Å². The van der Waals surface area contributed by atoms with E-state index in [9.17, 15) is 0 Å². The molecule has 2 heteroatoms. The maximum atomic E-state index is 6.08. The highest BCUT2D eigenvalue weighted by molar-refractivity contribution is 5.60. The Morgan fingerprint density at radius 1 is 0.781 bits per heavy atom. The number of pyridine rings is 1. The molecule has 1 aliphatic carbocycles. The molecule has 0 bridgehead atoms. The van der Waals surface area contributed by atoms with Crippen LogP contribution in [0, 0.1) is 11.8 Å². The Kier molecular flexibility index (Phi) is 11.1. The third-order valence-electron chi connectivity index (χ3n) is 7.28. The highest BCUT2D eigenvalue weighted by atomic mass is 16.5. The number of nitrogens with zero attached hydrogens (tertiary/aromatic N) is 1. The molecule has 0 saturated heterocycles. The fourth-order valence-corrected chi connectivity index (χ4v) is 5.28. The molecule has 3 rings (SSSR count). The minimum atomic E-state index is 0.836. The molecule has 1 fully saturated rings. The van der Waals surface area contributed by atoms with E-state index in [1.165, 1.54) is 89.0 Å². The summed E-state index contributed by atoms with van der Waals surface area (Å²) in [5, 5.41) is 0. The van der Waals surface area contributed by atoms with E-state index in [1.54, 1.807) is 0 Å². The summed E-state index contributed by atoms with van der Waals surface area (Å²) in [5.74, 6) is 2.88. The van der Waals surface area contributed by atoms with Gasteiger partial charge in [-0.1, -0.05) is 84.1 Å². The number of aromatic nitrogens is 1. The number of aryl methyl sites for hydroxylation is 1. The minimum Gasteiger partial charge on any atom is -0.494 e. The molecule has 1 saturated carbocycles. The van der Waals surface area contributed by atoms with Crippen molar-refractivity contribution >= 4 is 0 Å². The first kappa shape index (κ1) is 24.8. The van der Waals surface area contributed by atoms with Crippen LogP contribution in [0.15, 0.2) is 42.6 Å². The van der Waals surface area contributed by atoms with Crippen molar-refractivity contribution in [1.82, 2.24) is 4.98 Å². The molecular formula is C30H45NO. The second-order valence-corrected chi connectivity index (χ2v) is 9.82. The van der Waals surface area contributed by atoms with Crippen LogP contribution in [0.4, 0.5) is 0 Å². The molecule has 1 aliphatic rings. The van der Waals surface area contributed by atoms with E-state index in [1.807, 2.05) is 6.20 Å². The first-order valence-electron chi connectivity index (χ1n) is 13.5. The van der Waals surface area contributed by atoms with Crippen molar-refractivity contribution in [3.05, 3.63) is 48.2 Å². The van der Waals surface area contributed by atoms with Gasteiger partial charge in [-0.2, -0.15) is 0 Å². The van der Waals surface area contributed by atoms with Gasteiger partial charge in [-0.05, 0) is 73.4 Å². The standard InChI is InChI=1S/C30H45NO/c1-3-5-7-12-25-17-22-30(31-24-25)28-18-20-29(21-19-28)32-23-11-16-27-15-10-9-14-26(27)13-8-6-4-2/h17-22,24,26-27H,3-16,23H2,1-2H3. The molecule has 1 heterocycles. The van der Waals surface area contributed by atoms with E-state index in [-0.39, 0.29) is 0 Å². The topological polar surface area (TPSA) is 22.1 Å². The van der Waals surface area contributed by atoms with Crippen LogP contribution >= 0.6 is 0 Å². The van der Waals surface area contributed by atoms with Crippen LogP contribution in [0.25, 0.3) is 11.3 Å². The molecule has 176 valence electrons. The first-order chi connectivity index (χ1) is 15.8. The molecule has 2 unspecified atom stereocenters. The molecule has 0 aliphatic heterocycles. The molecule has 0 radical (unpaired) electrons. The van der Waals surface area contributed by atoms with Gasteiger partial charge in [0.2, 0.25) is 0 Å². The number of unbranched alkanes of at least 4 members (excludes halogenated alkanes) is 4. The van der Waals surface area contributed by atoms with Gasteiger partial charge in [-0.3, -0.25) is 4.98 Å². The van der Waals surface area contributed by atoms with Crippen molar-refractivity contribution in [3.63, 3.8) is 0 Å². The lowest BCUT2D eigenvalue weighted by Gasteiger charge is -2.31. The molecule has 2 aromatic rings. The molecule has 0 amide bonds. The molecule has 2 nitrogen and oxygen atoms in total. The molecular weight excluding hydrogens is 390 g/mol. The zero-order valence-corrected chi connectivity index (χ0v) is 20.7. The summed E-state index contributed by atoms with van der Waals surface area (Å²) in [6.07, 6.45) is 20.9. The highest BCUT2D eigenvalue weighted by Gasteiger charge is 2.24. The fraction of sp³-hybridized carbons (Fsp3) is 0.633. The molecule has 0 N–H and O–H groups in total. The van der Waals surface area contributed by atoms with Gasteiger partial charge in [0.05, 0.1) is 12.3 Å². The van der Waals surface area contributed by atoms with Gasteiger partial charge in [0.1, 0.15) is 5.75 Å². The van der Waals surface area contributed by atoms with Crippen LogP contribution in [0.5, 0.6) is 5.75 Å². The van der Waals surface area contributed by atoms with Crippen LogP contribution in [-0.4, -0.2) is 11.6 Å². The van der Waals surface area contributed by atoms with Gasteiger partial charge in [0.25, 0.3) is 0 Å². The molecule has 2 atom stereocenters. The van der Waals surface area contributed by atoms with Crippen LogP contribution in [0.3, 0.4) is 0 Å².